The molecular weight excluding hydrogens is 342 g/mol. The molecule has 0 aliphatic rings. The topological polar surface area (TPSA) is 61.8 Å². The van der Waals surface area contributed by atoms with Gasteiger partial charge >= 0.3 is 7.60 Å². The zero-order valence-electron chi connectivity index (χ0n) is 11.2. The van der Waals surface area contributed by atoms with Gasteiger partial charge in [0.1, 0.15) is 0 Å². The summed E-state index contributed by atoms with van der Waals surface area (Å²) in [5, 5.41) is 0.598. The Hall–Kier alpha value is 0.820. The molecule has 0 fully saturated rings. The van der Waals surface area contributed by atoms with Crippen molar-refractivity contribution in [3.05, 3.63) is 0 Å². The SMILES string of the molecule is CCO[PH](=O)CC(CBr)CP(=O)(OCC)OCC. The first kappa shape index (κ1) is 18.8. The summed E-state index contributed by atoms with van der Waals surface area (Å²) in [5.74, 6) is -0.0353. The summed E-state index contributed by atoms with van der Waals surface area (Å²) >= 11 is 3.34. The highest BCUT2D eigenvalue weighted by Crippen LogP contribution is 2.50. The molecule has 18 heavy (non-hydrogen) atoms. The Balaban J connectivity index is 4.46. The Bertz CT molecular complexity index is 277. The molecule has 0 aliphatic carbocycles. The van der Waals surface area contributed by atoms with Crippen LogP contribution < -0.4 is 0 Å². The first-order valence-electron chi connectivity index (χ1n) is 6.11. The molecule has 0 amide bonds. The molecule has 0 saturated heterocycles. The van der Waals surface area contributed by atoms with Gasteiger partial charge in [0.25, 0.3) is 0 Å². The van der Waals surface area contributed by atoms with Crippen molar-refractivity contribution in [3.8, 4) is 0 Å². The molecule has 0 radical (unpaired) electrons. The predicted octanol–water partition coefficient (Wildman–Crippen LogP) is 3.77. The molecule has 0 saturated carbocycles. The Labute approximate surface area is 118 Å². The molecular formula is C10H23BrO5P2. The lowest BCUT2D eigenvalue weighted by Crippen LogP contribution is -2.14. The second-order valence-electron chi connectivity index (χ2n) is 3.66. The van der Waals surface area contributed by atoms with E-state index in [-0.39, 0.29) is 12.1 Å². The first-order valence-corrected chi connectivity index (χ1v) is 10.5. The second-order valence-corrected chi connectivity index (χ2v) is 7.85. The molecule has 0 heterocycles. The van der Waals surface area contributed by atoms with Crippen LogP contribution in [0.4, 0.5) is 0 Å². The summed E-state index contributed by atoms with van der Waals surface area (Å²) in [7, 11) is -5.14. The number of hydrogen-bond acceptors (Lipinski definition) is 5. The third-order valence-corrected chi connectivity index (χ3v) is 6.82. The summed E-state index contributed by atoms with van der Waals surface area (Å²) < 4.78 is 39.4. The minimum Gasteiger partial charge on any atom is -0.331 e. The Morgan fingerprint density at radius 2 is 1.72 bits per heavy atom. The van der Waals surface area contributed by atoms with Crippen LogP contribution in [0, 0.1) is 5.92 Å². The summed E-state index contributed by atoms with van der Waals surface area (Å²) in [6, 6.07) is 0. The van der Waals surface area contributed by atoms with Gasteiger partial charge in [0.05, 0.1) is 26.0 Å². The van der Waals surface area contributed by atoms with Gasteiger partial charge in [-0.3, -0.25) is 9.13 Å². The van der Waals surface area contributed by atoms with Crippen LogP contribution in [0.2, 0.25) is 0 Å². The van der Waals surface area contributed by atoms with Gasteiger partial charge in [-0.2, -0.15) is 0 Å². The van der Waals surface area contributed by atoms with Gasteiger partial charge in [-0.25, -0.2) is 0 Å². The number of halogens is 1. The highest BCUT2D eigenvalue weighted by molar-refractivity contribution is 9.09. The van der Waals surface area contributed by atoms with Gasteiger partial charge in [-0.1, -0.05) is 15.9 Å². The molecule has 0 aromatic rings. The van der Waals surface area contributed by atoms with E-state index < -0.39 is 15.6 Å². The van der Waals surface area contributed by atoms with Crippen LogP contribution >= 0.6 is 31.6 Å². The van der Waals surface area contributed by atoms with Crippen LogP contribution in [-0.4, -0.2) is 37.5 Å². The van der Waals surface area contributed by atoms with Crippen LogP contribution in [0.15, 0.2) is 0 Å². The molecule has 110 valence electrons. The van der Waals surface area contributed by atoms with Gasteiger partial charge in [-0.05, 0) is 26.7 Å². The van der Waals surface area contributed by atoms with Crippen molar-refractivity contribution in [1.29, 1.82) is 0 Å². The fraction of sp³-hybridized carbons (Fsp3) is 1.00. The largest absolute Gasteiger partial charge is 0.331 e. The molecule has 0 aromatic carbocycles. The monoisotopic (exact) mass is 364 g/mol. The quantitative estimate of drug-likeness (QED) is 0.412. The smallest absolute Gasteiger partial charge is 0.330 e. The van der Waals surface area contributed by atoms with E-state index in [4.69, 9.17) is 13.6 Å². The third-order valence-electron chi connectivity index (χ3n) is 2.11. The zero-order valence-corrected chi connectivity index (χ0v) is 14.7. The molecule has 0 aliphatic heterocycles. The highest BCUT2D eigenvalue weighted by atomic mass is 79.9. The Morgan fingerprint density at radius 3 is 2.11 bits per heavy atom. The molecule has 0 N–H and O–H groups in total. The fourth-order valence-electron chi connectivity index (χ4n) is 1.48. The molecule has 2 atom stereocenters. The number of rotatable bonds is 11. The number of alkyl halides is 1. The highest BCUT2D eigenvalue weighted by Gasteiger charge is 2.29. The zero-order chi connectivity index (χ0) is 14.0. The fourth-order valence-corrected chi connectivity index (χ4v) is 6.12. The number of hydrogen-bond donors (Lipinski definition) is 0. The third kappa shape index (κ3) is 8.08. The van der Waals surface area contributed by atoms with Crippen LogP contribution in [0.25, 0.3) is 0 Å². The van der Waals surface area contributed by atoms with Gasteiger partial charge in [-0.15, -0.1) is 0 Å². The summed E-state index contributed by atoms with van der Waals surface area (Å²) in [4.78, 5) is 0. The Morgan fingerprint density at radius 1 is 1.17 bits per heavy atom. The normalized spacial score (nSPS) is 15.6. The van der Waals surface area contributed by atoms with E-state index in [0.717, 1.165) is 0 Å². The summed E-state index contributed by atoms with van der Waals surface area (Å²) in [6.07, 6.45) is 0.664. The van der Waals surface area contributed by atoms with E-state index in [2.05, 4.69) is 15.9 Å². The minimum atomic E-state index is -3.08. The maximum Gasteiger partial charge on any atom is 0.330 e. The minimum absolute atomic E-state index is 0.0353. The van der Waals surface area contributed by atoms with Crippen molar-refractivity contribution in [2.75, 3.05) is 37.5 Å². The molecule has 8 heteroatoms. The van der Waals surface area contributed by atoms with Crippen molar-refractivity contribution >= 4 is 31.6 Å². The van der Waals surface area contributed by atoms with E-state index in [1.807, 2.05) is 0 Å². The van der Waals surface area contributed by atoms with E-state index in [0.29, 0.717) is 31.3 Å². The van der Waals surface area contributed by atoms with E-state index in [9.17, 15) is 9.13 Å². The maximum atomic E-state index is 12.3. The van der Waals surface area contributed by atoms with E-state index in [1.165, 1.54) is 0 Å². The van der Waals surface area contributed by atoms with Gasteiger partial charge in [0, 0.05) is 11.5 Å². The van der Waals surface area contributed by atoms with Crippen LogP contribution in [0.3, 0.4) is 0 Å². The average Bonchev–Trinajstić information content (AvgIpc) is 2.28. The standard InChI is InChI=1S/C10H23BrO5P2/c1-4-14-17(12)8-10(7-11)9-18(13,15-5-2)16-6-3/h10,17H,4-9H2,1-3H3. The first-order chi connectivity index (χ1) is 8.51. The van der Waals surface area contributed by atoms with Crippen molar-refractivity contribution in [3.63, 3.8) is 0 Å². The van der Waals surface area contributed by atoms with Crippen molar-refractivity contribution < 1.29 is 22.7 Å². The van der Waals surface area contributed by atoms with Gasteiger partial charge in [0.15, 0.2) is 8.03 Å². The molecule has 0 spiro atoms. The average molecular weight is 365 g/mol. The molecule has 0 rings (SSSR count). The molecule has 0 aromatic heterocycles. The lowest BCUT2D eigenvalue weighted by Gasteiger charge is -2.21. The van der Waals surface area contributed by atoms with Crippen LogP contribution in [0.5, 0.6) is 0 Å². The predicted molar refractivity (Wildman–Crippen MR) is 78.5 cm³/mol. The summed E-state index contributed by atoms with van der Waals surface area (Å²) in [6.45, 7) is 6.47. The summed E-state index contributed by atoms with van der Waals surface area (Å²) in [5.41, 5.74) is 0. The van der Waals surface area contributed by atoms with E-state index >= 15 is 0 Å². The van der Waals surface area contributed by atoms with Crippen molar-refractivity contribution in [2.45, 2.75) is 20.8 Å². The maximum absolute atomic E-state index is 12.3. The Kier molecular flexibility index (Phi) is 11.1. The van der Waals surface area contributed by atoms with Crippen molar-refractivity contribution in [2.24, 2.45) is 5.92 Å². The van der Waals surface area contributed by atoms with Gasteiger partial charge in [0.2, 0.25) is 0 Å². The lowest BCUT2D eigenvalue weighted by atomic mass is 10.3. The van der Waals surface area contributed by atoms with Gasteiger partial charge < -0.3 is 13.6 Å². The van der Waals surface area contributed by atoms with Crippen LogP contribution in [0.1, 0.15) is 20.8 Å². The van der Waals surface area contributed by atoms with E-state index in [1.54, 1.807) is 20.8 Å². The molecule has 2 unspecified atom stereocenters. The molecule has 5 nitrogen and oxygen atoms in total. The molecule has 0 bridgehead atoms. The van der Waals surface area contributed by atoms with Crippen LogP contribution in [-0.2, 0) is 22.7 Å². The second kappa shape index (κ2) is 10.6. The lowest BCUT2D eigenvalue weighted by molar-refractivity contribution is 0.217. The van der Waals surface area contributed by atoms with Crippen molar-refractivity contribution in [1.82, 2.24) is 0 Å².